The molecule has 104 valence electrons. The van der Waals surface area contributed by atoms with Crippen LogP contribution in [-0.4, -0.2) is 30.8 Å². The molecule has 0 saturated heterocycles. The Labute approximate surface area is 111 Å². The molecule has 6 nitrogen and oxygen atoms in total. The van der Waals surface area contributed by atoms with Crippen LogP contribution in [0.4, 0.5) is 4.79 Å². The molecule has 0 radical (unpaired) electrons. The lowest BCUT2D eigenvalue weighted by atomic mass is 10.1. The molecule has 19 heavy (non-hydrogen) atoms. The smallest absolute Gasteiger partial charge is 0.315 e. The zero-order valence-corrected chi connectivity index (χ0v) is 11.0. The van der Waals surface area contributed by atoms with E-state index in [-0.39, 0.29) is 25.0 Å². The van der Waals surface area contributed by atoms with Crippen LogP contribution in [0.15, 0.2) is 24.3 Å². The quantitative estimate of drug-likeness (QED) is 0.728. The number of ether oxygens (including phenoxy) is 1. The summed E-state index contributed by atoms with van der Waals surface area (Å²) in [6, 6.07) is 6.80. The number of nitrogens with one attached hydrogen (secondary N) is 2. The van der Waals surface area contributed by atoms with Crippen LogP contribution in [0.25, 0.3) is 0 Å². The van der Waals surface area contributed by atoms with Crippen LogP contribution >= 0.6 is 0 Å². The van der Waals surface area contributed by atoms with Crippen LogP contribution < -0.4 is 15.4 Å². The Bertz CT molecular complexity index is 431. The molecule has 6 heteroatoms. The van der Waals surface area contributed by atoms with E-state index in [9.17, 15) is 9.59 Å². The van der Waals surface area contributed by atoms with E-state index in [2.05, 4.69) is 10.6 Å². The minimum absolute atomic E-state index is 0.0929. The number of hydrogen-bond donors (Lipinski definition) is 3. The number of carbonyl (C=O) groups excluding carboxylic acids is 1. The van der Waals surface area contributed by atoms with Gasteiger partial charge in [-0.05, 0) is 24.6 Å². The molecule has 0 aliphatic heterocycles. The first kappa shape index (κ1) is 14.8. The Morgan fingerprint density at radius 2 is 1.95 bits per heavy atom. The Kier molecular flexibility index (Phi) is 5.66. The van der Waals surface area contributed by atoms with Gasteiger partial charge in [-0.1, -0.05) is 12.1 Å². The molecule has 0 fully saturated rings. The fraction of sp³-hybridized carbons (Fsp3) is 0.385. The molecule has 0 heterocycles. The van der Waals surface area contributed by atoms with Crippen LogP contribution in [0.2, 0.25) is 0 Å². The van der Waals surface area contributed by atoms with Gasteiger partial charge in [-0.2, -0.15) is 0 Å². The molecule has 2 amide bonds. The van der Waals surface area contributed by atoms with Crippen molar-refractivity contribution in [2.24, 2.45) is 0 Å². The van der Waals surface area contributed by atoms with E-state index in [1.54, 1.807) is 7.11 Å². The number of amides is 2. The van der Waals surface area contributed by atoms with Gasteiger partial charge < -0.3 is 20.5 Å². The normalized spacial score (nSPS) is 11.5. The summed E-state index contributed by atoms with van der Waals surface area (Å²) in [5, 5.41) is 13.7. The number of urea groups is 1. The van der Waals surface area contributed by atoms with Crippen molar-refractivity contribution in [3.8, 4) is 5.75 Å². The summed E-state index contributed by atoms with van der Waals surface area (Å²) < 4.78 is 5.05. The number of carboxylic acids is 1. The van der Waals surface area contributed by atoms with Crippen molar-refractivity contribution in [1.29, 1.82) is 0 Å². The molecule has 1 aromatic carbocycles. The maximum absolute atomic E-state index is 11.5. The average molecular weight is 266 g/mol. The summed E-state index contributed by atoms with van der Waals surface area (Å²) in [4.78, 5) is 21.8. The van der Waals surface area contributed by atoms with Gasteiger partial charge in [0.15, 0.2) is 0 Å². The first-order valence-corrected chi connectivity index (χ1v) is 5.93. The van der Waals surface area contributed by atoms with Gasteiger partial charge in [0.1, 0.15) is 5.75 Å². The number of rotatable bonds is 6. The Morgan fingerprint density at radius 1 is 1.32 bits per heavy atom. The lowest BCUT2D eigenvalue weighted by molar-refractivity contribution is -0.136. The van der Waals surface area contributed by atoms with E-state index in [4.69, 9.17) is 9.84 Å². The van der Waals surface area contributed by atoms with Gasteiger partial charge in [0.25, 0.3) is 0 Å². The summed E-state index contributed by atoms with van der Waals surface area (Å²) in [7, 11) is 1.59. The number of methoxy groups -OCH3 is 1. The number of aliphatic carboxylic acids is 1. The maximum atomic E-state index is 11.5. The highest BCUT2D eigenvalue weighted by atomic mass is 16.5. The van der Waals surface area contributed by atoms with Crippen molar-refractivity contribution in [1.82, 2.24) is 10.6 Å². The highest BCUT2D eigenvalue weighted by Gasteiger charge is 2.09. The first-order chi connectivity index (χ1) is 9.02. The molecular weight excluding hydrogens is 248 g/mol. The zero-order chi connectivity index (χ0) is 14.3. The van der Waals surface area contributed by atoms with Crippen molar-refractivity contribution >= 4 is 12.0 Å². The third kappa shape index (κ3) is 5.29. The maximum Gasteiger partial charge on any atom is 0.315 e. The molecule has 0 aliphatic carbocycles. The van der Waals surface area contributed by atoms with Crippen LogP contribution in [0.5, 0.6) is 5.75 Å². The van der Waals surface area contributed by atoms with E-state index in [1.165, 1.54) is 0 Å². The zero-order valence-electron chi connectivity index (χ0n) is 11.0. The summed E-state index contributed by atoms with van der Waals surface area (Å²) in [5.41, 5.74) is 0.939. The Balaban J connectivity index is 2.42. The lowest BCUT2D eigenvalue weighted by Gasteiger charge is -2.15. The van der Waals surface area contributed by atoms with Gasteiger partial charge >= 0.3 is 12.0 Å². The van der Waals surface area contributed by atoms with Crippen LogP contribution in [0.1, 0.15) is 24.9 Å². The third-order valence-corrected chi connectivity index (χ3v) is 2.59. The molecule has 0 saturated carbocycles. The van der Waals surface area contributed by atoms with E-state index >= 15 is 0 Å². The molecule has 1 aromatic rings. The van der Waals surface area contributed by atoms with Crippen molar-refractivity contribution in [2.45, 2.75) is 19.4 Å². The van der Waals surface area contributed by atoms with E-state index in [1.807, 2.05) is 31.2 Å². The SMILES string of the molecule is COc1ccc(C(C)NC(=O)NCCC(=O)O)cc1. The topological polar surface area (TPSA) is 87.7 Å². The number of carboxylic acid groups (broad SMARTS) is 1. The van der Waals surface area contributed by atoms with Crippen molar-refractivity contribution < 1.29 is 19.4 Å². The van der Waals surface area contributed by atoms with Gasteiger partial charge in [-0.15, -0.1) is 0 Å². The molecule has 1 unspecified atom stereocenters. The molecule has 0 bridgehead atoms. The molecule has 0 aromatic heterocycles. The van der Waals surface area contributed by atoms with Crippen LogP contribution in [-0.2, 0) is 4.79 Å². The summed E-state index contributed by atoms with van der Waals surface area (Å²) in [5.74, 6) is -0.189. The number of benzene rings is 1. The monoisotopic (exact) mass is 266 g/mol. The van der Waals surface area contributed by atoms with Crippen LogP contribution in [0, 0.1) is 0 Å². The van der Waals surface area contributed by atoms with Gasteiger partial charge in [-0.3, -0.25) is 4.79 Å². The fourth-order valence-electron chi connectivity index (χ4n) is 1.51. The van der Waals surface area contributed by atoms with Gasteiger partial charge in [0.05, 0.1) is 19.6 Å². The number of hydrogen-bond acceptors (Lipinski definition) is 3. The second kappa shape index (κ2) is 7.25. The van der Waals surface area contributed by atoms with Crippen molar-refractivity contribution in [3.63, 3.8) is 0 Å². The highest BCUT2D eigenvalue weighted by molar-refractivity contribution is 5.75. The molecule has 1 rings (SSSR count). The minimum Gasteiger partial charge on any atom is -0.497 e. The second-order valence-electron chi connectivity index (χ2n) is 4.04. The summed E-state index contributed by atoms with van der Waals surface area (Å²) in [6.07, 6.45) is -0.0929. The van der Waals surface area contributed by atoms with Crippen molar-refractivity contribution in [2.75, 3.05) is 13.7 Å². The van der Waals surface area contributed by atoms with Crippen LogP contribution in [0.3, 0.4) is 0 Å². The first-order valence-electron chi connectivity index (χ1n) is 5.93. The molecule has 0 aliphatic rings. The molecule has 1 atom stereocenters. The standard InChI is InChI=1S/C13H18N2O4/c1-9(10-3-5-11(19-2)6-4-10)15-13(18)14-8-7-12(16)17/h3-6,9H,7-8H2,1-2H3,(H,16,17)(H2,14,15,18). The fourth-order valence-corrected chi connectivity index (χ4v) is 1.51. The lowest BCUT2D eigenvalue weighted by Crippen LogP contribution is -2.38. The predicted molar refractivity (Wildman–Crippen MR) is 70.2 cm³/mol. The van der Waals surface area contributed by atoms with Gasteiger partial charge in [0, 0.05) is 6.54 Å². The molecular formula is C13H18N2O4. The van der Waals surface area contributed by atoms with Crippen molar-refractivity contribution in [3.05, 3.63) is 29.8 Å². The van der Waals surface area contributed by atoms with E-state index in [0.717, 1.165) is 11.3 Å². The Hall–Kier alpha value is -2.24. The summed E-state index contributed by atoms with van der Waals surface area (Å²) >= 11 is 0. The van der Waals surface area contributed by atoms with Gasteiger partial charge in [-0.25, -0.2) is 4.79 Å². The number of carbonyl (C=O) groups is 2. The van der Waals surface area contributed by atoms with E-state index in [0.29, 0.717) is 0 Å². The van der Waals surface area contributed by atoms with E-state index < -0.39 is 5.97 Å². The summed E-state index contributed by atoms with van der Waals surface area (Å²) in [6.45, 7) is 1.95. The minimum atomic E-state index is -0.941. The third-order valence-electron chi connectivity index (χ3n) is 2.59. The largest absolute Gasteiger partial charge is 0.497 e. The molecule has 3 N–H and O–H groups in total. The Morgan fingerprint density at radius 3 is 2.47 bits per heavy atom. The average Bonchev–Trinajstić information content (AvgIpc) is 2.38. The van der Waals surface area contributed by atoms with Gasteiger partial charge in [0.2, 0.25) is 0 Å². The second-order valence-corrected chi connectivity index (χ2v) is 4.04. The molecule has 0 spiro atoms. The highest BCUT2D eigenvalue weighted by Crippen LogP contribution is 2.16. The predicted octanol–water partition coefficient (Wildman–Crippen LogP) is 1.53.